The highest BCUT2D eigenvalue weighted by Gasteiger charge is 2.28. The summed E-state index contributed by atoms with van der Waals surface area (Å²) in [5.41, 5.74) is 0.435. The first-order valence-corrected chi connectivity index (χ1v) is 10.6. The van der Waals surface area contributed by atoms with Crippen molar-refractivity contribution in [1.82, 2.24) is 10.3 Å². The van der Waals surface area contributed by atoms with Gasteiger partial charge in [0.05, 0.1) is 29.9 Å². The van der Waals surface area contributed by atoms with Crippen LogP contribution in [0, 0.1) is 0 Å². The number of anilines is 1. The van der Waals surface area contributed by atoms with Gasteiger partial charge in [0.25, 0.3) is 0 Å². The minimum absolute atomic E-state index is 0.0154. The second-order valence-electron chi connectivity index (χ2n) is 4.86. The van der Waals surface area contributed by atoms with Crippen LogP contribution in [-0.4, -0.2) is 51.5 Å². The third-order valence-corrected chi connectivity index (χ3v) is 6.03. The summed E-state index contributed by atoms with van der Waals surface area (Å²) in [5, 5.41) is 4.43. The fraction of sp³-hybridized carbons (Fsp3) is 0.600. The Hall–Kier alpha value is -1.20. The molecule has 11 heteroatoms. The number of hydrogen-bond donors (Lipinski definition) is 2. The van der Waals surface area contributed by atoms with Crippen LogP contribution >= 0.6 is 11.3 Å². The molecule has 1 amide bonds. The van der Waals surface area contributed by atoms with Gasteiger partial charge in [-0.2, -0.15) is 0 Å². The molecule has 8 nitrogen and oxygen atoms in total. The van der Waals surface area contributed by atoms with Crippen molar-refractivity contribution in [3.63, 3.8) is 0 Å². The maximum Gasteiger partial charge on any atom is 0.231 e. The molecule has 21 heavy (non-hydrogen) atoms. The molecule has 118 valence electrons. The van der Waals surface area contributed by atoms with Gasteiger partial charge in [-0.05, 0) is 6.42 Å². The average molecular weight is 353 g/mol. The van der Waals surface area contributed by atoms with Crippen molar-refractivity contribution in [2.24, 2.45) is 0 Å². The number of nitrogens with zero attached hydrogens (tertiary/aromatic N) is 1. The number of aromatic nitrogens is 1. The van der Waals surface area contributed by atoms with Crippen LogP contribution in [0.25, 0.3) is 0 Å². The van der Waals surface area contributed by atoms with Crippen LogP contribution in [0.3, 0.4) is 0 Å². The molecular weight excluding hydrogens is 338 g/mol. The minimum atomic E-state index is -3.39. The van der Waals surface area contributed by atoms with E-state index < -0.39 is 19.9 Å². The second kappa shape index (κ2) is 5.89. The molecule has 1 saturated heterocycles. The minimum Gasteiger partial charge on any atom is -0.352 e. The van der Waals surface area contributed by atoms with Gasteiger partial charge in [-0.3, -0.25) is 9.52 Å². The number of carbonyl (C=O) groups is 1. The van der Waals surface area contributed by atoms with E-state index in [-0.39, 0.29) is 35.0 Å². The second-order valence-corrected chi connectivity index (χ2v) is 9.70. The van der Waals surface area contributed by atoms with Gasteiger partial charge in [-0.25, -0.2) is 21.8 Å². The fourth-order valence-electron chi connectivity index (χ4n) is 1.95. The summed E-state index contributed by atoms with van der Waals surface area (Å²) in [6.45, 7) is 0. The highest BCUT2D eigenvalue weighted by molar-refractivity contribution is 7.92. The van der Waals surface area contributed by atoms with Crippen molar-refractivity contribution in [3.05, 3.63) is 11.1 Å². The van der Waals surface area contributed by atoms with Crippen LogP contribution in [0.15, 0.2) is 5.38 Å². The van der Waals surface area contributed by atoms with E-state index in [0.717, 1.165) is 17.6 Å². The molecule has 1 fully saturated rings. The molecule has 0 aliphatic carbocycles. The van der Waals surface area contributed by atoms with Crippen LogP contribution in [-0.2, 0) is 31.1 Å². The Bertz CT molecular complexity index is 738. The van der Waals surface area contributed by atoms with Gasteiger partial charge < -0.3 is 5.32 Å². The van der Waals surface area contributed by atoms with Gasteiger partial charge in [-0.1, -0.05) is 0 Å². The fourth-order valence-corrected chi connectivity index (χ4v) is 5.18. The quantitative estimate of drug-likeness (QED) is 0.726. The van der Waals surface area contributed by atoms with Gasteiger partial charge in [0.1, 0.15) is 0 Å². The number of sulfonamides is 1. The van der Waals surface area contributed by atoms with E-state index in [4.69, 9.17) is 0 Å². The zero-order chi connectivity index (χ0) is 15.7. The van der Waals surface area contributed by atoms with Gasteiger partial charge in [0.2, 0.25) is 15.9 Å². The van der Waals surface area contributed by atoms with Crippen LogP contribution < -0.4 is 10.0 Å². The lowest BCUT2D eigenvalue weighted by Gasteiger charge is -2.09. The molecule has 0 saturated carbocycles. The molecule has 1 aromatic heterocycles. The molecule has 1 atom stereocenters. The maximum atomic E-state index is 11.8. The maximum absolute atomic E-state index is 11.8. The first-order valence-electron chi connectivity index (χ1n) is 6.05. The lowest BCUT2D eigenvalue weighted by molar-refractivity contribution is -0.121. The highest BCUT2D eigenvalue weighted by Crippen LogP contribution is 2.17. The molecule has 0 spiro atoms. The normalized spacial score (nSPS) is 21.1. The van der Waals surface area contributed by atoms with Crippen molar-refractivity contribution < 1.29 is 21.6 Å². The number of sulfone groups is 1. The summed E-state index contributed by atoms with van der Waals surface area (Å²) in [7, 11) is -6.43. The molecule has 1 aromatic rings. The Kier molecular flexibility index (Phi) is 4.54. The third kappa shape index (κ3) is 5.25. The molecule has 2 N–H and O–H groups in total. The lowest BCUT2D eigenvalue weighted by atomic mass is 10.2. The molecule has 1 unspecified atom stereocenters. The monoisotopic (exact) mass is 353 g/mol. The lowest BCUT2D eigenvalue weighted by Crippen LogP contribution is -2.36. The van der Waals surface area contributed by atoms with E-state index in [1.54, 1.807) is 5.38 Å². The van der Waals surface area contributed by atoms with E-state index in [2.05, 4.69) is 15.0 Å². The van der Waals surface area contributed by atoms with Crippen LogP contribution in [0.2, 0.25) is 0 Å². The number of carbonyl (C=O) groups excluding carboxylic acids is 1. The molecule has 1 aliphatic heterocycles. The highest BCUT2D eigenvalue weighted by atomic mass is 32.2. The van der Waals surface area contributed by atoms with Gasteiger partial charge in [0, 0.05) is 11.4 Å². The van der Waals surface area contributed by atoms with E-state index in [9.17, 15) is 21.6 Å². The van der Waals surface area contributed by atoms with Crippen molar-refractivity contribution in [1.29, 1.82) is 0 Å². The van der Waals surface area contributed by atoms with E-state index in [0.29, 0.717) is 12.1 Å². The molecule has 2 heterocycles. The predicted molar refractivity (Wildman–Crippen MR) is 79.5 cm³/mol. The Balaban J connectivity index is 1.89. The third-order valence-electron chi connectivity index (χ3n) is 2.76. The van der Waals surface area contributed by atoms with Crippen molar-refractivity contribution in [2.45, 2.75) is 18.9 Å². The number of rotatable bonds is 5. The van der Waals surface area contributed by atoms with E-state index >= 15 is 0 Å². The zero-order valence-electron chi connectivity index (χ0n) is 11.2. The summed E-state index contributed by atoms with van der Waals surface area (Å²) in [5.74, 6) is -0.262. The first-order chi connectivity index (χ1) is 9.63. The largest absolute Gasteiger partial charge is 0.352 e. The molecule has 1 aliphatic rings. The first kappa shape index (κ1) is 16.2. The predicted octanol–water partition coefficient (Wildman–Crippen LogP) is -0.640. The Labute approximate surface area is 126 Å². The summed E-state index contributed by atoms with van der Waals surface area (Å²) < 4.78 is 46.9. The molecule has 0 radical (unpaired) electrons. The van der Waals surface area contributed by atoms with E-state index in [1.807, 2.05) is 0 Å². The summed E-state index contributed by atoms with van der Waals surface area (Å²) in [6.07, 6.45) is 1.42. The number of amides is 1. The van der Waals surface area contributed by atoms with Gasteiger partial charge in [-0.15, -0.1) is 11.3 Å². The van der Waals surface area contributed by atoms with Crippen LogP contribution in [0.4, 0.5) is 5.13 Å². The van der Waals surface area contributed by atoms with E-state index in [1.165, 1.54) is 0 Å². The van der Waals surface area contributed by atoms with Crippen LogP contribution in [0.5, 0.6) is 0 Å². The van der Waals surface area contributed by atoms with Crippen molar-refractivity contribution >= 4 is 42.2 Å². The number of hydrogen-bond acceptors (Lipinski definition) is 7. The molecule has 0 bridgehead atoms. The van der Waals surface area contributed by atoms with Crippen molar-refractivity contribution in [3.8, 4) is 0 Å². The molecular formula is C10H15N3O5S3. The molecule has 2 rings (SSSR count). The number of nitrogens with one attached hydrogen (secondary N) is 2. The van der Waals surface area contributed by atoms with Crippen molar-refractivity contribution in [2.75, 3.05) is 22.5 Å². The average Bonchev–Trinajstić information content (AvgIpc) is 2.83. The summed E-state index contributed by atoms with van der Waals surface area (Å²) in [4.78, 5) is 15.8. The summed E-state index contributed by atoms with van der Waals surface area (Å²) in [6, 6.07) is -0.352. The molecule has 0 aromatic carbocycles. The Morgan fingerprint density at radius 3 is 2.81 bits per heavy atom. The Morgan fingerprint density at radius 1 is 1.52 bits per heavy atom. The van der Waals surface area contributed by atoms with Gasteiger partial charge >= 0.3 is 0 Å². The topological polar surface area (TPSA) is 122 Å². The SMILES string of the molecule is CS(=O)(=O)Nc1nc(CC(=O)NC2CCS(=O)(=O)C2)cs1. The Morgan fingerprint density at radius 2 is 2.24 bits per heavy atom. The summed E-state index contributed by atoms with van der Waals surface area (Å²) >= 11 is 1.08. The number of thiazole rings is 1. The van der Waals surface area contributed by atoms with Gasteiger partial charge in [0.15, 0.2) is 15.0 Å². The smallest absolute Gasteiger partial charge is 0.231 e. The zero-order valence-corrected chi connectivity index (χ0v) is 13.6. The standard InChI is InChI=1S/C10H15N3O5S3/c1-20(15,16)13-10-12-8(5-19-10)4-9(14)11-7-2-3-21(17,18)6-7/h5,7H,2-4,6H2,1H3,(H,11,14)(H,12,13). The van der Waals surface area contributed by atoms with Crippen LogP contribution in [0.1, 0.15) is 12.1 Å².